The summed E-state index contributed by atoms with van der Waals surface area (Å²) in [5.41, 5.74) is 0. The maximum atomic E-state index is 12.3. The molecule has 0 unspecified atom stereocenters. The first-order valence-electron chi connectivity index (χ1n) is 6.67. The van der Waals surface area contributed by atoms with Crippen molar-refractivity contribution in [2.24, 2.45) is 0 Å². The molecule has 0 aliphatic carbocycles. The minimum atomic E-state index is -4.18. The van der Waals surface area contributed by atoms with Crippen LogP contribution in [0.1, 0.15) is 0 Å². The molecule has 0 aliphatic rings. The van der Waals surface area contributed by atoms with E-state index in [-0.39, 0.29) is 27.9 Å². The highest BCUT2D eigenvalue weighted by molar-refractivity contribution is 7.90. The van der Waals surface area contributed by atoms with Gasteiger partial charge in [0.05, 0.1) is 19.2 Å². The number of methoxy groups -OCH3 is 2. The molecule has 0 spiro atoms. The van der Waals surface area contributed by atoms with E-state index in [0.29, 0.717) is 0 Å². The van der Waals surface area contributed by atoms with Gasteiger partial charge in [-0.3, -0.25) is 4.90 Å². The zero-order valence-corrected chi connectivity index (χ0v) is 15.0. The Balaban J connectivity index is 2.28. The fourth-order valence-corrected chi connectivity index (χ4v) is 3.15. The minimum Gasteiger partial charge on any atom is -0.467 e. The number of anilines is 1. The van der Waals surface area contributed by atoms with Gasteiger partial charge in [0, 0.05) is 7.05 Å². The summed E-state index contributed by atoms with van der Waals surface area (Å²) >= 11 is 5.86. The third kappa shape index (κ3) is 4.25. The number of carbonyl (C=O) groups excluding carboxylic acids is 1. The Morgan fingerprint density at radius 1 is 1.12 bits per heavy atom. The van der Waals surface area contributed by atoms with E-state index in [1.165, 1.54) is 39.5 Å². The van der Waals surface area contributed by atoms with Gasteiger partial charge in [0.25, 0.3) is 10.0 Å². The molecule has 0 fully saturated rings. The summed E-state index contributed by atoms with van der Waals surface area (Å²) in [4.78, 5) is 24.4. The molecule has 2 amide bonds. The second-order valence-corrected chi connectivity index (χ2v) is 6.57. The number of hydrogen-bond acceptors (Lipinski definition) is 8. The van der Waals surface area contributed by atoms with Crippen LogP contribution < -0.4 is 19.1 Å². The summed E-state index contributed by atoms with van der Waals surface area (Å²) in [6.45, 7) is 0. The summed E-state index contributed by atoms with van der Waals surface area (Å²) in [7, 11) is -0.272. The molecule has 0 saturated carbocycles. The molecule has 0 bridgehead atoms. The molecular formula is C13H14ClN5O5S. The predicted molar refractivity (Wildman–Crippen MR) is 88.5 cm³/mol. The molecule has 0 aliphatic heterocycles. The van der Waals surface area contributed by atoms with E-state index in [1.807, 2.05) is 4.72 Å². The number of benzene rings is 1. The van der Waals surface area contributed by atoms with Gasteiger partial charge in [0.1, 0.15) is 4.90 Å². The van der Waals surface area contributed by atoms with Gasteiger partial charge in [-0.2, -0.15) is 9.97 Å². The van der Waals surface area contributed by atoms with Gasteiger partial charge < -0.3 is 9.47 Å². The van der Waals surface area contributed by atoms with Crippen LogP contribution in [0.4, 0.5) is 10.7 Å². The van der Waals surface area contributed by atoms with Crippen LogP contribution in [0.25, 0.3) is 0 Å². The van der Waals surface area contributed by atoms with Crippen LogP contribution >= 0.6 is 11.6 Å². The number of hydrogen-bond donors (Lipinski definition) is 1. The van der Waals surface area contributed by atoms with Crippen molar-refractivity contribution in [3.63, 3.8) is 0 Å². The number of aromatic nitrogens is 3. The smallest absolute Gasteiger partial charge is 0.337 e. The fraction of sp³-hybridized carbons (Fsp3) is 0.231. The van der Waals surface area contributed by atoms with Crippen LogP contribution in [0.2, 0.25) is 5.02 Å². The van der Waals surface area contributed by atoms with Gasteiger partial charge in [-0.15, -0.1) is 4.98 Å². The quantitative estimate of drug-likeness (QED) is 0.808. The number of halogens is 1. The third-order valence-corrected chi connectivity index (χ3v) is 4.72. The first-order chi connectivity index (χ1) is 11.8. The SMILES string of the molecule is COc1nc(OC)nc(N(C)C(=O)NS(=O)(=O)c2ccccc2Cl)n1. The van der Waals surface area contributed by atoms with Crippen molar-refractivity contribution < 1.29 is 22.7 Å². The average molecular weight is 388 g/mol. The zero-order chi connectivity index (χ0) is 18.6. The first-order valence-corrected chi connectivity index (χ1v) is 8.53. The molecule has 0 atom stereocenters. The van der Waals surface area contributed by atoms with Crippen LogP contribution in [0.5, 0.6) is 12.0 Å². The molecule has 0 saturated heterocycles. The van der Waals surface area contributed by atoms with Gasteiger partial charge in [-0.05, 0) is 12.1 Å². The van der Waals surface area contributed by atoms with Gasteiger partial charge in [-0.1, -0.05) is 23.7 Å². The van der Waals surface area contributed by atoms with E-state index in [4.69, 9.17) is 21.1 Å². The Kier molecular flexibility index (Phi) is 5.59. The van der Waals surface area contributed by atoms with Crippen molar-refractivity contribution in [2.45, 2.75) is 4.90 Å². The van der Waals surface area contributed by atoms with Crippen molar-refractivity contribution in [3.05, 3.63) is 29.3 Å². The predicted octanol–water partition coefficient (Wildman–Crippen LogP) is 1.08. The lowest BCUT2D eigenvalue weighted by Gasteiger charge is -2.17. The van der Waals surface area contributed by atoms with Crippen molar-refractivity contribution >= 4 is 33.6 Å². The molecule has 2 rings (SSSR count). The fourth-order valence-electron chi connectivity index (χ4n) is 1.65. The third-order valence-electron chi connectivity index (χ3n) is 2.90. The van der Waals surface area contributed by atoms with Crippen molar-refractivity contribution in [2.75, 3.05) is 26.2 Å². The molecule has 25 heavy (non-hydrogen) atoms. The normalized spacial score (nSPS) is 10.9. The number of carbonyl (C=O) groups is 1. The number of amides is 2. The second-order valence-electron chi connectivity index (χ2n) is 4.51. The van der Waals surface area contributed by atoms with Crippen LogP contribution in [0.15, 0.2) is 29.2 Å². The van der Waals surface area contributed by atoms with E-state index in [0.717, 1.165) is 4.90 Å². The summed E-state index contributed by atoms with van der Waals surface area (Å²) in [6.07, 6.45) is 0. The Morgan fingerprint density at radius 2 is 1.68 bits per heavy atom. The van der Waals surface area contributed by atoms with Gasteiger partial charge in [0.15, 0.2) is 0 Å². The Labute approximate surface area is 148 Å². The molecule has 134 valence electrons. The van der Waals surface area contributed by atoms with Gasteiger partial charge in [0.2, 0.25) is 5.95 Å². The largest absolute Gasteiger partial charge is 0.467 e. The molecule has 1 heterocycles. The molecule has 1 N–H and O–H groups in total. The monoisotopic (exact) mass is 387 g/mol. The lowest BCUT2D eigenvalue weighted by atomic mass is 10.4. The van der Waals surface area contributed by atoms with Crippen molar-refractivity contribution in [3.8, 4) is 12.0 Å². The van der Waals surface area contributed by atoms with Gasteiger partial charge in [-0.25, -0.2) is 17.9 Å². The Morgan fingerprint density at radius 3 is 2.20 bits per heavy atom. The summed E-state index contributed by atoms with van der Waals surface area (Å²) < 4.78 is 36.2. The maximum absolute atomic E-state index is 12.3. The van der Waals surface area contributed by atoms with E-state index < -0.39 is 16.1 Å². The van der Waals surface area contributed by atoms with Crippen molar-refractivity contribution in [1.82, 2.24) is 19.7 Å². The number of rotatable bonds is 5. The molecule has 0 radical (unpaired) electrons. The minimum absolute atomic E-state index is 0.0195. The van der Waals surface area contributed by atoms with Crippen LogP contribution in [-0.2, 0) is 10.0 Å². The van der Waals surface area contributed by atoms with Crippen LogP contribution in [-0.4, -0.2) is 50.7 Å². The topological polar surface area (TPSA) is 124 Å². The van der Waals surface area contributed by atoms with Crippen LogP contribution in [0.3, 0.4) is 0 Å². The molecular weight excluding hydrogens is 374 g/mol. The molecule has 12 heteroatoms. The molecule has 1 aromatic heterocycles. The molecule has 1 aromatic carbocycles. The molecule has 10 nitrogen and oxygen atoms in total. The van der Waals surface area contributed by atoms with Gasteiger partial charge >= 0.3 is 18.1 Å². The summed E-state index contributed by atoms with van der Waals surface area (Å²) in [6, 6.07) is 4.51. The summed E-state index contributed by atoms with van der Waals surface area (Å²) in [5.74, 6) is -0.171. The van der Waals surface area contributed by atoms with Crippen LogP contribution in [0, 0.1) is 0 Å². The first kappa shape index (κ1) is 18.7. The Bertz CT molecular complexity index is 870. The maximum Gasteiger partial charge on any atom is 0.337 e. The number of ether oxygens (including phenoxy) is 2. The highest BCUT2D eigenvalue weighted by atomic mass is 35.5. The number of nitrogens with zero attached hydrogens (tertiary/aromatic N) is 4. The Hall–Kier alpha value is -2.66. The lowest BCUT2D eigenvalue weighted by Crippen LogP contribution is -2.41. The highest BCUT2D eigenvalue weighted by Gasteiger charge is 2.25. The standard InChI is InChI=1S/C13H14ClN5O5S/c1-19(10-15-11(23-2)17-12(16-10)24-3)13(20)18-25(21,22)9-7-5-4-6-8(9)14/h4-7H,1-3H3,(H,18,20). The lowest BCUT2D eigenvalue weighted by molar-refractivity contribution is 0.251. The zero-order valence-electron chi connectivity index (χ0n) is 13.4. The number of sulfonamides is 1. The van der Waals surface area contributed by atoms with E-state index in [1.54, 1.807) is 6.07 Å². The summed E-state index contributed by atoms with van der Waals surface area (Å²) in [5, 5.41) is -0.0195. The highest BCUT2D eigenvalue weighted by Crippen LogP contribution is 2.21. The second kappa shape index (κ2) is 7.49. The van der Waals surface area contributed by atoms with E-state index >= 15 is 0 Å². The molecule has 2 aromatic rings. The average Bonchev–Trinajstić information content (AvgIpc) is 2.60. The van der Waals surface area contributed by atoms with E-state index in [9.17, 15) is 13.2 Å². The van der Waals surface area contributed by atoms with Crippen molar-refractivity contribution in [1.29, 1.82) is 0 Å². The number of urea groups is 1. The van der Waals surface area contributed by atoms with E-state index in [2.05, 4.69) is 15.0 Å². The number of nitrogens with one attached hydrogen (secondary N) is 1.